The van der Waals surface area contributed by atoms with Crippen molar-refractivity contribution in [3.63, 3.8) is 0 Å². The summed E-state index contributed by atoms with van der Waals surface area (Å²) >= 11 is 0. The molecule has 2 N–H and O–H groups in total. The van der Waals surface area contributed by atoms with Gasteiger partial charge in [-0.15, -0.1) is 24.0 Å². The van der Waals surface area contributed by atoms with E-state index in [0.29, 0.717) is 6.04 Å². The topological polar surface area (TPSA) is 39.7 Å². The minimum absolute atomic E-state index is 0. The molecule has 1 aliphatic rings. The monoisotopic (exact) mass is 422 g/mol. The summed E-state index contributed by atoms with van der Waals surface area (Å²) in [7, 11) is 1.84. The third kappa shape index (κ3) is 8.36. The molecular formula is C17H35IN4. The number of hydrogen-bond donors (Lipinski definition) is 2. The standard InChI is InChI=1S/C17H34N4.HI/c1-5-21(6-2)15(3)14-20-17(18-4)19-13-12-16-10-8-7-9-11-16;/h10,15H,5-9,11-14H2,1-4H3,(H2,18,19,20);1H. The fraction of sp³-hybridized carbons (Fsp3) is 0.824. The van der Waals surface area contributed by atoms with E-state index in [-0.39, 0.29) is 24.0 Å². The number of guanidine groups is 1. The van der Waals surface area contributed by atoms with Crippen LogP contribution in [0.3, 0.4) is 0 Å². The van der Waals surface area contributed by atoms with Crippen LogP contribution in [0.1, 0.15) is 52.9 Å². The smallest absolute Gasteiger partial charge is 0.191 e. The van der Waals surface area contributed by atoms with Crippen LogP contribution in [-0.2, 0) is 0 Å². The normalized spacial score (nSPS) is 16.8. The molecule has 1 rings (SSSR count). The van der Waals surface area contributed by atoms with Crippen LogP contribution in [-0.4, -0.2) is 50.1 Å². The second kappa shape index (κ2) is 13.2. The van der Waals surface area contributed by atoms with Crippen molar-refractivity contribution in [2.24, 2.45) is 4.99 Å². The third-order valence-corrected chi connectivity index (χ3v) is 4.35. The molecule has 0 saturated heterocycles. The van der Waals surface area contributed by atoms with Crippen molar-refractivity contribution in [2.75, 3.05) is 33.2 Å². The van der Waals surface area contributed by atoms with E-state index in [1.165, 1.54) is 25.7 Å². The van der Waals surface area contributed by atoms with E-state index >= 15 is 0 Å². The number of rotatable bonds is 8. The van der Waals surface area contributed by atoms with E-state index in [9.17, 15) is 0 Å². The molecule has 130 valence electrons. The van der Waals surface area contributed by atoms with Crippen molar-refractivity contribution in [2.45, 2.75) is 58.9 Å². The molecule has 1 aliphatic carbocycles. The average molecular weight is 422 g/mol. The van der Waals surface area contributed by atoms with Gasteiger partial charge in [0.05, 0.1) is 0 Å². The van der Waals surface area contributed by atoms with Gasteiger partial charge in [0.25, 0.3) is 0 Å². The van der Waals surface area contributed by atoms with E-state index in [1.54, 1.807) is 5.57 Å². The summed E-state index contributed by atoms with van der Waals surface area (Å²) in [6.07, 6.45) is 8.84. The lowest BCUT2D eigenvalue weighted by molar-refractivity contribution is 0.231. The lowest BCUT2D eigenvalue weighted by Crippen LogP contribution is -2.46. The highest BCUT2D eigenvalue weighted by Crippen LogP contribution is 2.19. The van der Waals surface area contributed by atoms with Crippen LogP contribution in [0.4, 0.5) is 0 Å². The Bertz CT molecular complexity index is 338. The molecule has 1 unspecified atom stereocenters. The molecule has 1 atom stereocenters. The summed E-state index contributed by atoms with van der Waals surface area (Å²) in [6, 6.07) is 0.527. The van der Waals surface area contributed by atoms with Crippen molar-refractivity contribution < 1.29 is 0 Å². The zero-order valence-corrected chi connectivity index (χ0v) is 17.2. The molecule has 0 aromatic rings. The highest BCUT2D eigenvalue weighted by atomic mass is 127. The maximum absolute atomic E-state index is 4.31. The van der Waals surface area contributed by atoms with Crippen LogP contribution in [0.2, 0.25) is 0 Å². The fourth-order valence-electron chi connectivity index (χ4n) is 2.91. The van der Waals surface area contributed by atoms with Gasteiger partial charge in [-0.25, -0.2) is 0 Å². The van der Waals surface area contributed by atoms with Crippen LogP contribution in [0.5, 0.6) is 0 Å². The Morgan fingerprint density at radius 2 is 2.00 bits per heavy atom. The molecule has 0 aliphatic heterocycles. The van der Waals surface area contributed by atoms with Crippen molar-refractivity contribution in [1.29, 1.82) is 0 Å². The Hall–Kier alpha value is -0.300. The fourth-order valence-corrected chi connectivity index (χ4v) is 2.91. The second-order valence-electron chi connectivity index (χ2n) is 5.81. The zero-order valence-electron chi connectivity index (χ0n) is 14.8. The zero-order chi connectivity index (χ0) is 15.5. The first-order valence-corrected chi connectivity index (χ1v) is 8.57. The quantitative estimate of drug-likeness (QED) is 0.273. The first-order chi connectivity index (χ1) is 10.2. The molecule has 5 heteroatoms. The van der Waals surface area contributed by atoms with Crippen LogP contribution < -0.4 is 10.6 Å². The molecule has 4 nitrogen and oxygen atoms in total. The van der Waals surface area contributed by atoms with E-state index in [2.05, 4.69) is 47.4 Å². The SMILES string of the molecule is CCN(CC)C(C)CNC(=NC)NCCC1=CCCCC1.I. The van der Waals surface area contributed by atoms with E-state index in [0.717, 1.165) is 38.6 Å². The van der Waals surface area contributed by atoms with Crippen molar-refractivity contribution >= 4 is 29.9 Å². The minimum atomic E-state index is 0. The summed E-state index contributed by atoms with van der Waals surface area (Å²) in [5.74, 6) is 0.922. The number of aliphatic imine (C=N–C) groups is 1. The first kappa shape index (κ1) is 21.7. The predicted molar refractivity (Wildman–Crippen MR) is 108 cm³/mol. The average Bonchev–Trinajstić information content (AvgIpc) is 2.52. The van der Waals surface area contributed by atoms with E-state index < -0.39 is 0 Å². The summed E-state index contributed by atoms with van der Waals surface area (Å²) in [5, 5.41) is 6.86. The Morgan fingerprint density at radius 1 is 1.27 bits per heavy atom. The van der Waals surface area contributed by atoms with Crippen molar-refractivity contribution in [1.82, 2.24) is 15.5 Å². The van der Waals surface area contributed by atoms with Crippen LogP contribution in [0, 0.1) is 0 Å². The molecule has 22 heavy (non-hydrogen) atoms. The van der Waals surface area contributed by atoms with Gasteiger partial charge in [-0.3, -0.25) is 9.89 Å². The molecule has 0 spiro atoms. The van der Waals surface area contributed by atoms with Gasteiger partial charge in [0.2, 0.25) is 0 Å². The van der Waals surface area contributed by atoms with Gasteiger partial charge in [-0.1, -0.05) is 25.5 Å². The molecule has 0 heterocycles. The van der Waals surface area contributed by atoms with E-state index in [1.807, 2.05) is 7.05 Å². The number of halogens is 1. The largest absolute Gasteiger partial charge is 0.356 e. The van der Waals surface area contributed by atoms with Crippen molar-refractivity contribution in [3.8, 4) is 0 Å². The molecule has 0 bridgehead atoms. The summed E-state index contributed by atoms with van der Waals surface area (Å²) in [5.41, 5.74) is 1.61. The number of allylic oxidation sites excluding steroid dienone is 1. The highest BCUT2D eigenvalue weighted by Gasteiger charge is 2.10. The Balaban J connectivity index is 0.00000441. The van der Waals surface area contributed by atoms with Crippen LogP contribution in [0.25, 0.3) is 0 Å². The third-order valence-electron chi connectivity index (χ3n) is 4.35. The maximum Gasteiger partial charge on any atom is 0.191 e. The first-order valence-electron chi connectivity index (χ1n) is 8.57. The lowest BCUT2D eigenvalue weighted by atomic mass is 9.97. The van der Waals surface area contributed by atoms with Gasteiger partial charge < -0.3 is 10.6 Å². The summed E-state index contributed by atoms with van der Waals surface area (Å²) < 4.78 is 0. The van der Waals surface area contributed by atoms with Gasteiger partial charge in [-0.2, -0.15) is 0 Å². The Labute approximate surface area is 154 Å². The maximum atomic E-state index is 4.31. The van der Waals surface area contributed by atoms with Gasteiger partial charge in [0, 0.05) is 26.2 Å². The summed E-state index contributed by atoms with van der Waals surface area (Å²) in [4.78, 5) is 6.76. The second-order valence-corrected chi connectivity index (χ2v) is 5.81. The van der Waals surface area contributed by atoms with Crippen LogP contribution in [0.15, 0.2) is 16.6 Å². The lowest BCUT2D eigenvalue weighted by Gasteiger charge is -2.27. The van der Waals surface area contributed by atoms with Crippen molar-refractivity contribution in [3.05, 3.63) is 11.6 Å². The van der Waals surface area contributed by atoms with Gasteiger partial charge in [0.15, 0.2) is 5.96 Å². The number of nitrogens with one attached hydrogen (secondary N) is 2. The van der Waals surface area contributed by atoms with E-state index in [4.69, 9.17) is 0 Å². The molecule has 0 saturated carbocycles. The number of nitrogens with zero attached hydrogens (tertiary/aromatic N) is 2. The Kier molecular flexibility index (Phi) is 13.0. The van der Waals surface area contributed by atoms with Gasteiger partial charge >= 0.3 is 0 Å². The molecule has 0 fully saturated rings. The number of hydrogen-bond acceptors (Lipinski definition) is 2. The predicted octanol–water partition coefficient (Wildman–Crippen LogP) is 3.39. The molecule has 0 amide bonds. The van der Waals surface area contributed by atoms with Crippen LogP contribution >= 0.6 is 24.0 Å². The number of likely N-dealkylation sites (N-methyl/N-ethyl adjacent to an activating group) is 1. The molecule has 0 aromatic carbocycles. The molecule has 0 radical (unpaired) electrons. The van der Waals surface area contributed by atoms with Gasteiger partial charge in [-0.05, 0) is 52.1 Å². The minimum Gasteiger partial charge on any atom is -0.356 e. The Morgan fingerprint density at radius 3 is 2.55 bits per heavy atom. The molecular weight excluding hydrogens is 387 g/mol. The molecule has 0 aromatic heterocycles. The highest BCUT2D eigenvalue weighted by molar-refractivity contribution is 14.0. The van der Waals surface area contributed by atoms with Gasteiger partial charge in [0.1, 0.15) is 0 Å². The summed E-state index contributed by atoms with van der Waals surface area (Å²) in [6.45, 7) is 10.8.